The van der Waals surface area contributed by atoms with Gasteiger partial charge < -0.3 is 5.32 Å². The first kappa shape index (κ1) is 12.7. The molecule has 1 amide bonds. The van der Waals surface area contributed by atoms with Gasteiger partial charge in [-0.3, -0.25) is 4.79 Å². The molecule has 0 spiro atoms. The third kappa shape index (κ3) is 2.58. The lowest BCUT2D eigenvalue weighted by molar-refractivity contribution is 0.102. The number of benzene rings is 2. The fraction of sp³-hybridized carbons (Fsp3) is 0. The molecular formula is C14H8F2N2O. The summed E-state index contributed by atoms with van der Waals surface area (Å²) in [5.74, 6) is -2.16. The molecule has 2 aromatic rings. The molecule has 94 valence electrons. The van der Waals surface area contributed by atoms with Crippen molar-refractivity contribution in [3.8, 4) is 6.07 Å². The van der Waals surface area contributed by atoms with Gasteiger partial charge in [-0.1, -0.05) is 18.2 Å². The van der Waals surface area contributed by atoms with Crippen molar-refractivity contribution in [3.63, 3.8) is 0 Å². The van der Waals surface area contributed by atoms with Crippen LogP contribution in [0.5, 0.6) is 0 Å². The first-order chi connectivity index (χ1) is 9.13. The van der Waals surface area contributed by atoms with Gasteiger partial charge in [0, 0.05) is 0 Å². The number of carbonyl (C=O) groups excluding carboxylic acids is 1. The van der Waals surface area contributed by atoms with Crippen molar-refractivity contribution in [1.82, 2.24) is 0 Å². The number of hydrogen-bond donors (Lipinski definition) is 1. The van der Waals surface area contributed by atoms with E-state index in [1.54, 1.807) is 6.07 Å². The molecule has 19 heavy (non-hydrogen) atoms. The minimum Gasteiger partial charge on any atom is -0.321 e. The van der Waals surface area contributed by atoms with E-state index in [1.807, 2.05) is 0 Å². The SMILES string of the molecule is N#Cc1c(F)cccc1NC(=O)c1ccccc1F. The molecule has 0 saturated heterocycles. The normalized spacial score (nSPS) is 9.74. The summed E-state index contributed by atoms with van der Waals surface area (Å²) in [5, 5.41) is 11.1. The van der Waals surface area contributed by atoms with Crippen LogP contribution in [0.15, 0.2) is 42.5 Å². The van der Waals surface area contributed by atoms with E-state index in [9.17, 15) is 13.6 Å². The lowest BCUT2D eigenvalue weighted by Gasteiger charge is -2.07. The van der Waals surface area contributed by atoms with Gasteiger partial charge in [-0.2, -0.15) is 5.26 Å². The van der Waals surface area contributed by atoms with Crippen molar-refractivity contribution in [2.45, 2.75) is 0 Å². The third-order valence-corrected chi connectivity index (χ3v) is 2.49. The van der Waals surface area contributed by atoms with Gasteiger partial charge in [-0.25, -0.2) is 8.78 Å². The van der Waals surface area contributed by atoms with Gasteiger partial charge in [0.15, 0.2) is 0 Å². The maximum Gasteiger partial charge on any atom is 0.258 e. The van der Waals surface area contributed by atoms with Gasteiger partial charge in [-0.15, -0.1) is 0 Å². The highest BCUT2D eigenvalue weighted by molar-refractivity contribution is 6.05. The van der Waals surface area contributed by atoms with Gasteiger partial charge in [0.2, 0.25) is 0 Å². The Hall–Kier alpha value is -2.74. The Kier molecular flexibility index (Phi) is 3.53. The molecule has 0 unspecified atom stereocenters. The molecule has 0 aliphatic carbocycles. The van der Waals surface area contributed by atoms with Crippen molar-refractivity contribution in [1.29, 1.82) is 5.26 Å². The largest absolute Gasteiger partial charge is 0.321 e. The van der Waals surface area contributed by atoms with Crippen molar-refractivity contribution >= 4 is 11.6 Å². The molecule has 5 heteroatoms. The van der Waals surface area contributed by atoms with Gasteiger partial charge in [0.25, 0.3) is 5.91 Å². The van der Waals surface area contributed by atoms with Crippen molar-refractivity contribution in [2.24, 2.45) is 0 Å². The van der Waals surface area contributed by atoms with Crippen molar-refractivity contribution in [2.75, 3.05) is 5.32 Å². The van der Waals surface area contributed by atoms with Gasteiger partial charge >= 0.3 is 0 Å². The average Bonchev–Trinajstić information content (AvgIpc) is 2.39. The molecule has 2 aromatic carbocycles. The van der Waals surface area contributed by atoms with Crippen LogP contribution >= 0.6 is 0 Å². The molecule has 0 aromatic heterocycles. The second-order valence-electron chi connectivity index (χ2n) is 3.71. The number of amides is 1. The summed E-state index contributed by atoms with van der Waals surface area (Å²) in [6.07, 6.45) is 0. The lowest BCUT2D eigenvalue weighted by Crippen LogP contribution is -2.14. The summed E-state index contributed by atoms with van der Waals surface area (Å²) in [4.78, 5) is 11.8. The van der Waals surface area contributed by atoms with Crippen LogP contribution < -0.4 is 5.32 Å². The lowest BCUT2D eigenvalue weighted by atomic mass is 10.1. The number of carbonyl (C=O) groups is 1. The highest BCUT2D eigenvalue weighted by Gasteiger charge is 2.14. The maximum absolute atomic E-state index is 13.4. The van der Waals surface area contributed by atoms with Crippen LogP contribution in [0.3, 0.4) is 0 Å². The summed E-state index contributed by atoms with van der Waals surface area (Å²) in [6.45, 7) is 0. The fourth-order valence-corrected chi connectivity index (χ4v) is 1.58. The minimum absolute atomic E-state index is 0.00996. The van der Waals surface area contributed by atoms with Crippen LogP contribution in [0.25, 0.3) is 0 Å². The number of nitrogens with zero attached hydrogens (tertiary/aromatic N) is 1. The maximum atomic E-state index is 13.4. The molecule has 2 rings (SSSR count). The molecule has 0 radical (unpaired) electrons. The second-order valence-corrected chi connectivity index (χ2v) is 3.71. The molecule has 0 bridgehead atoms. The zero-order valence-corrected chi connectivity index (χ0v) is 9.65. The Labute approximate surface area is 108 Å². The number of rotatable bonds is 2. The number of halogens is 2. The zero-order chi connectivity index (χ0) is 13.8. The first-order valence-corrected chi connectivity index (χ1v) is 5.38. The summed E-state index contributed by atoms with van der Waals surface area (Å²) < 4.78 is 26.7. The second kappa shape index (κ2) is 5.27. The fourth-order valence-electron chi connectivity index (χ4n) is 1.58. The van der Waals surface area contributed by atoms with Crippen molar-refractivity contribution < 1.29 is 13.6 Å². The summed E-state index contributed by atoms with van der Waals surface area (Å²) in [6, 6.07) is 10.9. The molecule has 3 nitrogen and oxygen atoms in total. The Bertz CT molecular complexity index is 677. The quantitative estimate of drug-likeness (QED) is 0.899. The Morgan fingerprint density at radius 2 is 1.74 bits per heavy atom. The van der Waals surface area contributed by atoms with Crippen LogP contribution in [-0.2, 0) is 0 Å². The molecule has 1 N–H and O–H groups in total. The number of hydrogen-bond acceptors (Lipinski definition) is 2. The van der Waals surface area contributed by atoms with E-state index >= 15 is 0 Å². The Balaban J connectivity index is 2.33. The first-order valence-electron chi connectivity index (χ1n) is 5.38. The monoisotopic (exact) mass is 258 g/mol. The third-order valence-electron chi connectivity index (χ3n) is 2.49. The predicted molar refractivity (Wildman–Crippen MR) is 65.5 cm³/mol. The van der Waals surface area contributed by atoms with E-state index in [4.69, 9.17) is 5.26 Å². The van der Waals surface area contributed by atoms with Crippen molar-refractivity contribution in [3.05, 3.63) is 65.2 Å². The van der Waals surface area contributed by atoms with Gasteiger partial charge in [-0.05, 0) is 24.3 Å². The molecule has 0 aliphatic heterocycles. The van der Waals surface area contributed by atoms with E-state index in [0.717, 1.165) is 12.1 Å². The highest BCUT2D eigenvalue weighted by Crippen LogP contribution is 2.19. The van der Waals surface area contributed by atoms with E-state index < -0.39 is 17.5 Å². The number of nitriles is 1. The molecule has 0 aliphatic rings. The summed E-state index contributed by atoms with van der Waals surface area (Å²) in [5.41, 5.74) is -0.446. The zero-order valence-electron chi connectivity index (χ0n) is 9.65. The van der Waals surface area contributed by atoms with E-state index in [0.29, 0.717) is 0 Å². The molecule has 0 fully saturated rings. The smallest absolute Gasteiger partial charge is 0.258 e. The predicted octanol–water partition coefficient (Wildman–Crippen LogP) is 3.09. The molecule has 0 saturated carbocycles. The summed E-state index contributed by atoms with van der Waals surface area (Å²) in [7, 11) is 0. The molecule has 0 heterocycles. The van der Waals surface area contributed by atoms with Crippen LogP contribution in [0.2, 0.25) is 0 Å². The Morgan fingerprint density at radius 3 is 2.42 bits per heavy atom. The summed E-state index contributed by atoms with van der Waals surface area (Å²) >= 11 is 0. The number of anilines is 1. The Morgan fingerprint density at radius 1 is 1.05 bits per heavy atom. The average molecular weight is 258 g/mol. The topological polar surface area (TPSA) is 52.9 Å². The van der Waals surface area contributed by atoms with Crippen LogP contribution in [0, 0.1) is 23.0 Å². The molecule has 0 atom stereocenters. The number of nitrogens with one attached hydrogen (secondary N) is 1. The highest BCUT2D eigenvalue weighted by atomic mass is 19.1. The van der Waals surface area contributed by atoms with Crippen LogP contribution in [0.4, 0.5) is 14.5 Å². The van der Waals surface area contributed by atoms with E-state index in [2.05, 4.69) is 5.32 Å². The van der Waals surface area contributed by atoms with Gasteiger partial charge in [0.1, 0.15) is 23.3 Å². The van der Waals surface area contributed by atoms with E-state index in [1.165, 1.54) is 30.3 Å². The van der Waals surface area contributed by atoms with E-state index in [-0.39, 0.29) is 16.8 Å². The molecular weight excluding hydrogens is 250 g/mol. The van der Waals surface area contributed by atoms with Crippen LogP contribution in [-0.4, -0.2) is 5.91 Å². The van der Waals surface area contributed by atoms with Gasteiger partial charge in [0.05, 0.1) is 11.3 Å². The minimum atomic E-state index is -0.742. The van der Waals surface area contributed by atoms with Crippen LogP contribution in [0.1, 0.15) is 15.9 Å². The standard InChI is InChI=1S/C14H8F2N2O/c15-11-5-2-1-4-9(11)14(19)18-13-7-3-6-12(16)10(13)8-17/h1-7H,(H,18,19).